The number of aryl methyl sites for hydroxylation is 3. The van der Waals surface area contributed by atoms with Gasteiger partial charge in [-0.1, -0.05) is 175 Å². The van der Waals surface area contributed by atoms with Crippen LogP contribution >= 0.6 is 46.4 Å². The molecule has 0 N–H and O–H groups in total. The predicted molar refractivity (Wildman–Crippen MR) is 495 cm³/mol. The van der Waals surface area contributed by atoms with E-state index in [0.717, 1.165) is 265 Å². The number of nitrogens with zero attached hydrogens (tertiary/aromatic N) is 28. The number of aromatic nitrogens is 20. The van der Waals surface area contributed by atoms with Crippen molar-refractivity contribution in [3.8, 4) is 68.3 Å². The first kappa shape index (κ1) is 85.2. The number of hydrogen-bond acceptors (Lipinski definition) is 20. The standard InChI is InChI=1S/2C24H28ClN7.2C22H24ClN7/c1-17-9-10-18(2)32(17)24-20-21(25)22(19-7-5-4-6-8-19)26-27-23(20)31(28-24)16-15-30-13-11-29(3)12-14-30;1-3-19-10-7-11-31(19)24-20-21(25)22(18-8-5-4-6-9-18)26-27-23(20)32(28-24)17-16-30-14-12-29(2)13-15-30;2*1-27-11-13-28(14-12-27)15-16-30-21-18(22(26-30)29-9-5-6-10-29)19(23)20(24-25-21)17-7-3-2-4-8-17/h4-10H,11-16H2,1-3H3;4-11H,3,12-17H2,1-2H3;2*2-10H,11-16H2,1H3. The molecule has 640 valence electrons. The number of hydrogen-bond donors (Lipinski definition) is 0. The molecule has 0 saturated carbocycles. The van der Waals surface area contributed by atoms with Gasteiger partial charge in [0, 0.05) is 201 Å². The molecular formula is C92H104Cl4N28. The number of benzene rings is 4. The van der Waals surface area contributed by atoms with Crippen LogP contribution in [0.4, 0.5) is 0 Å². The molecule has 32 heteroatoms. The Labute approximate surface area is 741 Å². The second-order valence-corrected chi connectivity index (χ2v) is 33.8. The SMILES string of the molecule is CCc1cccn1-c1nn(CCN2CCN(C)CC2)c2nnc(-c3ccccc3)c(Cl)c12.CN1CCN(CCn2nc(-n3cccc3)c3c(Cl)c(-c4ccccc4)nnc32)CC1.CN1CCN(CCn2nc(-n3cccc3)c3c(Cl)c(-c4ccccc4)nnc32)CC1.Cc1ccc(C)n1-c1nn(CCN2CCN(C)CC2)c2nnc(-c3ccccc3)c(Cl)c12. The summed E-state index contributed by atoms with van der Waals surface area (Å²) in [5.74, 6) is 3.20. The summed E-state index contributed by atoms with van der Waals surface area (Å²) in [5.41, 5.74) is 12.8. The van der Waals surface area contributed by atoms with Gasteiger partial charge in [0.1, 0.15) is 22.8 Å². The third-order valence-electron chi connectivity index (χ3n) is 24.0. The maximum absolute atomic E-state index is 7.00. The summed E-state index contributed by atoms with van der Waals surface area (Å²) < 4.78 is 16.1. The molecule has 0 atom stereocenters. The van der Waals surface area contributed by atoms with E-state index >= 15 is 0 Å². The first-order valence-corrected chi connectivity index (χ1v) is 44.2. The Hall–Kier alpha value is -11.0. The van der Waals surface area contributed by atoms with Crippen LogP contribution in [0.15, 0.2) is 201 Å². The van der Waals surface area contributed by atoms with E-state index < -0.39 is 0 Å². The van der Waals surface area contributed by atoms with Gasteiger partial charge in [0.15, 0.2) is 45.9 Å². The van der Waals surface area contributed by atoms with E-state index in [4.69, 9.17) is 66.8 Å². The molecule has 4 saturated heterocycles. The quantitative estimate of drug-likeness (QED) is 0.0652. The zero-order valence-corrected chi connectivity index (χ0v) is 74.3. The van der Waals surface area contributed by atoms with Gasteiger partial charge in [-0.25, -0.2) is 18.7 Å². The van der Waals surface area contributed by atoms with Crippen molar-refractivity contribution >= 4 is 90.5 Å². The highest BCUT2D eigenvalue weighted by Crippen LogP contribution is 2.40. The third kappa shape index (κ3) is 18.7. The lowest BCUT2D eigenvalue weighted by Gasteiger charge is -2.32. The Kier molecular flexibility index (Phi) is 26.8. The van der Waals surface area contributed by atoms with Crippen molar-refractivity contribution in [2.75, 3.05) is 159 Å². The Balaban J connectivity index is 0.000000117. The molecule has 4 fully saturated rings. The Morgan fingerprint density at radius 2 is 0.540 bits per heavy atom. The normalized spacial score (nSPS) is 15.7. The summed E-state index contributed by atoms with van der Waals surface area (Å²) in [6, 6.07) is 56.1. The number of piperazine rings is 4. The van der Waals surface area contributed by atoms with E-state index in [1.807, 2.05) is 204 Å². The molecule has 16 heterocycles. The van der Waals surface area contributed by atoms with Crippen LogP contribution < -0.4 is 0 Å². The maximum atomic E-state index is 7.00. The molecule has 4 aliphatic heterocycles. The smallest absolute Gasteiger partial charge is 0.184 e. The van der Waals surface area contributed by atoms with E-state index in [9.17, 15) is 0 Å². The minimum Gasteiger partial charge on any atom is -0.307 e. The van der Waals surface area contributed by atoms with Crippen LogP contribution in [0.5, 0.6) is 0 Å². The molecule has 4 aromatic carbocycles. The van der Waals surface area contributed by atoms with Crippen LogP contribution in [-0.4, -0.2) is 296 Å². The second-order valence-electron chi connectivity index (χ2n) is 32.3. The molecular weight excluding hydrogens is 1640 g/mol. The van der Waals surface area contributed by atoms with Crippen LogP contribution in [0.1, 0.15) is 24.0 Å². The van der Waals surface area contributed by atoms with Gasteiger partial charge in [0.05, 0.1) is 67.8 Å². The van der Waals surface area contributed by atoms with E-state index in [2.05, 4.69) is 162 Å². The molecule has 16 aromatic rings. The number of halogens is 4. The minimum atomic E-state index is 0.584. The second kappa shape index (κ2) is 39.1. The van der Waals surface area contributed by atoms with Gasteiger partial charge in [-0.15, -0.1) is 40.8 Å². The first-order chi connectivity index (χ1) is 60.6. The van der Waals surface area contributed by atoms with E-state index in [1.54, 1.807) is 0 Å². The predicted octanol–water partition coefficient (Wildman–Crippen LogP) is 13.9. The van der Waals surface area contributed by atoms with Gasteiger partial charge in [0.25, 0.3) is 0 Å². The van der Waals surface area contributed by atoms with Crippen molar-refractivity contribution in [3.63, 3.8) is 0 Å². The lowest BCUT2D eigenvalue weighted by Crippen LogP contribution is -2.45. The molecule has 0 spiro atoms. The van der Waals surface area contributed by atoms with Crippen LogP contribution in [0, 0.1) is 13.8 Å². The monoisotopic (exact) mass is 1740 g/mol. The van der Waals surface area contributed by atoms with Gasteiger partial charge in [-0.2, -0.15) is 20.4 Å². The van der Waals surface area contributed by atoms with Gasteiger partial charge >= 0.3 is 0 Å². The summed E-state index contributed by atoms with van der Waals surface area (Å²) in [5, 5.41) is 61.7. The van der Waals surface area contributed by atoms with E-state index in [-0.39, 0.29) is 0 Å². The molecule has 0 radical (unpaired) electrons. The summed E-state index contributed by atoms with van der Waals surface area (Å²) >= 11 is 27.8. The molecule has 20 rings (SSSR count). The molecule has 0 bridgehead atoms. The lowest BCUT2D eigenvalue weighted by atomic mass is 10.1. The Bertz CT molecular complexity index is 6010. The maximum Gasteiger partial charge on any atom is 0.184 e. The average Bonchev–Trinajstić information content (AvgIpc) is 1.61. The van der Waals surface area contributed by atoms with Crippen molar-refractivity contribution in [1.82, 2.24) is 137 Å². The zero-order valence-electron chi connectivity index (χ0n) is 71.3. The third-order valence-corrected chi connectivity index (χ3v) is 25.5. The average molecular weight is 1740 g/mol. The summed E-state index contributed by atoms with van der Waals surface area (Å²) in [6.07, 6.45) is 10.9. The van der Waals surface area contributed by atoms with Gasteiger partial charge < -0.3 is 37.9 Å². The first-order valence-electron chi connectivity index (χ1n) is 42.7. The van der Waals surface area contributed by atoms with Crippen molar-refractivity contribution in [2.45, 2.75) is 53.4 Å². The summed E-state index contributed by atoms with van der Waals surface area (Å²) in [7, 11) is 8.69. The van der Waals surface area contributed by atoms with Crippen LogP contribution in [0.2, 0.25) is 20.1 Å². The molecule has 0 aliphatic carbocycles. The molecule has 0 amide bonds. The number of rotatable bonds is 21. The topological polar surface area (TPSA) is 220 Å². The number of fused-ring (bicyclic) bond motifs is 4. The lowest BCUT2D eigenvalue weighted by molar-refractivity contribution is 0.149. The summed E-state index contributed by atoms with van der Waals surface area (Å²) in [4.78, 5) is 19.4. The molecule has 124 heavy (non-hydrogen) atoms. The van der Waals surface area contributed by atoms with Crippen LogP contribution in [0.3, 0.4) is 0 Å². The van der Waals surface area contributed by atoms with Gasteiger partial charge in [-0.3, -0.25) is 19.6 Å². The van der Waals surface area contributed by atoms with Crippen molar-refractivity contribution in [3.05, 3.63) is 238 Å². The van der Waals surface area contributed by atoms with Gasteiger partial charge in [-0.05, 0) is 97.0 Å². The highest BCUT2D eigenvalue weighted by atomic mass is 35.5. The highest BCUT2D eigenvalue weighted by Gasteiger charge is 2.29. The van der Waals surface area contributed by atoms with Gasteiger partial charge in [0.2, 0.25) is 0 Å². The Morgan fingerprint density at radius 3 is 0.831 bits per heavy atom. The fraction of sp³-hybridized carbons (Fsp3) is 0.348. The Morgan fingerprint density at radius 1 is 0.274 bits per heavy atom. The molecule has 12 aromatic heterocycles. The molecule has 4 aliphatic rings. The highest BCUT2D eigenvalue weighted by molar-refractivity contribution is 6.40. The van der Waals surface area contributed by atoms with Crippen LogP contribution in [-0.2, 0) is 32.6 Å². The van der Waals surface area contributed by atoms with E-state index in [1.165, 1.54) is 5.69 Å². The zero-order chi connectivity index (χ0) is 85.3. The largest absolute Gasteiger partial charge is 0.307 e. The minimum absolute atomic E-state index is 0.584. The van der Waals surface area contributed by atoms with Crippen LogP contribution in [0.25, 0.3) is 112 Å². The molecule has 28 nitrogen and oxygen atoms in total. The van der Waals surface area contributed by atoms with Crippen molar-refractivity contribution in [1.29, 1.82) is 0 Å². The molecule has 0 unspecified atom stereocenters. The fourth-order valence-corrected chi connectivity index (χ4v) is 17.8. The van der Waals surface area contributed by atoms with Crippen molar-refractivity contribution < 1.29 is 0 Å². The van der Waals surface area contributed by atoms with E-state index in [0.29, 0.717) is 42.9 Å². The number of likely N-dealkylation sites (N-methyl/N-ethyl adjacent to an activating group) is 4. The fourth-order valence-electron chi connectivity index (χ4n) is 16.5. The van der Waals surface area contributed by atoms with Crippen molar-refractivity contribution in [2.24, 2.45) is 0 Å². The summed E-state index contributed by atoms with van der Waals surface area (Å²) in [6.45, 7) is 30.4.